The van der Waals surface area contributed by atoms with Crippen molar-refractivity contribution < 1.29 is 4.79 Å². The Morgan fingerprint density at radius 3 is 2.38 bits per heavy atom. The lowest BCUT2D eigenvalue weighted by Gasteiger charge is -2.36. The highest BCUT2D eigenvalue weighted by Gasteiger charge is 2.19. The van der Waals surface area contributed by atoms with Crippen molar-refractivity contribution in [1.82, 2.24) is 14.8 Å². The fraction of sp³-hybridized carbons (Fsp3) is 0.346. The summed E-state index contributed by atoms with van der Waals surface area (Å²) in [6.07, 6.45) is 0.921. The van der Waals surface area contributed by atoms with Gasteiger partial charge in [-0.05, 0) is 49.7 Å². The number of piperazine rings is 1. The van der Waals surface area contributed by atoms with Crippen molar-refractivity contribution in [3.05, 3.63) is 75.9 Å². The smallest absolute Gasteiger partial charge is 0.253 e. The van der Waals surface area contributed by atoms with Crippen molar-refractivity contribution >= 4 is 47.2 Å². The van der Waals surface area contributed by atoms with Gasteiger partial charge in [0.2, 0.25) is 0 Å². The van der Waals surface area contributed by atoms with Crippen LogP contribution in [0.25, 0.3) is 11.3 Å². The van der Waals surface area contributed by atoms with Crippen LogP contribution in [-0.2, 0) is 7.05 Å². The van der Waals surface area contributed by atoms with Crippen LogP contribution < -0.4 is 10.2 Å². The number of hydrogen-bond donors (Lipinski definition) is 1. The molecule has 1 fully saturated rings. The second-order valence-electron chi connectivity index (χ2n) is 8.49. The highest BCUT2D eigenvalue weighted by molar-refractivity contribution is 6.36. The summed E-state index contributed by atoms with van der Waals surface area (Å²) >= 11 is 12.4. The highest BCUT2D eigenvalue weighted by Crippen LogP contribution is 2.29. The molecule has 182 valence electrons. The van der Waals surface area contributed by atoms with Crippen LogP contribution >= 0.6 is 35.6 Å². The zero-order valence-corrected chi connectivity index (χ0v) is 21.9. The van der Waals surface area contributed by atoms with E-state index >= 15 is 0 Å². The van der Waals surface area contributed by atoms with Gasteiger partial charge in [-0.25, -0.2) is 0 Å². The van der Waals surface area contributed by atoms with Crippen LogP contribution in [0.2, 0.25) is 10.0 Å². The Labute approximate surface area is 218 Å². The Bertz CT molecular complexity index is 1110. The molecule has 1 aromatic heterocycles. The molecule has 8 heteroatoms. The number of nitrogens with zero attached hydrogens (tertiary/aromatic N) is 3. The van der Waals surface area contributed by atoms with Crippen LogP contribution in [0.15, 0.2) is 54.6 Å². The topological polar surface area (TPSA) is 40.5 Å². The van der Waals surface area contributed by atoms with E-state index in [0.717, 1.165) is 67.3 Å². The number of nitrogens with one attached hydrogen (secondary N) is 1. The number of carbonyl (C=O) groups is 1. The Morgan fingerprint density at radius 1 is 1.00 bits per heavy atom. The fourth-order valence-corrected chi connectivity index (χ4v) is 4.89. The van der Waals surface area contributed by atoms with Crippen molar-refractivity contribution in [3.63, 3.8) is 0 Å². The third-order valence-electron chi connectivity index (χ3n) is 6.41. The van der Waals surface area contributed by atoms with Gasteiger partial charge in [-0.3, -0.25) is 9.69 Å². The molecule has 0 bridgehead atoms. The molecule has 2 aromatic carbocycles. The number of hydrogen-bond acceptors (Lipinski definition) is 3. The molecule has 0 saturated carbocycles. The van der Waals surface area contributed by atoms with Crippen molar-refractivity contribution in [3.8, 4) is 11.3 Å². The summed E-state index contributed by atoms with van der Waals surface area (Å²) in [6.45, 7) is 7.44. The van der Waals surface area contributed by atoms with E-state index in [1.807, 2.05) is 50.4 Å². The Hall–Kier alpha value is -2.18. The van der Waals surface area contributed by atoms with Crippen LogP contribution in [0.1, 0.15) is 22.5 Å². The molecule has 1 amide bonds. The maximum absolute atomic E-state index is 12.8. The molecular formula is C26H31Cl3N4O. The van der Waals surface area contributed by atoms with E-state index in [9.17, 15) is 4.79 Å². The van der Waals surface area contributed by atoms with Crippen molar-refractivity contribution in [2.75, 3.05) is 44.2 Å². The summed E-state index contributed by atoms with van der Waals surface area (Å²) < 4.78 is 2.08. The lowest BCUT2D eigenvalue weighted by molar-refractivity contribution is 0.0951. The zero-order chi connectivity index (χ0) is 23.4. The van der Waals surface area contributed by atoms with Crippen molar-refractivity contribution in [1.29, 1.82) is 0 Å². The van der Waals surface area contributed by atoms with Crippen molar-refractivity contribution in [2.45, 2.75) is 13.3 Å². The Morgan fingerprint density at radius 2 is 1.71 bits per heavy atom. The molecule has 1 N–H and O–H groups in total. The lowest BCUT2D eigenvalue weighted by Crippen LogP contribution is -2.47. The molecule has 0 radical (unpaired) electrons. The first-order valence-electron chi connectivity index (χ1n) is 11.4. The number of aromatic nitrogens is 1. The van der Waals surface area contributed by atoms with Crippen LogP contribution in [-0.4, -0.2) is 54.6 Å². The average Bonchev–Trinajstić information content (AvgIpc) is 3.12. The predicted octanol–water partition coefficient (Wildman–Crippen LogP) is 5.67. The molecule has 2 heterocycles. The summed E-state index contributed by atoms with van der Waals surface area (Å²) in [7, 11) is 2.01. The van der Waals surface area contributed by atoms with Gasteiger partial charge in [0.1, 0.15) is 0 Å². The van der Waals surface area contributed by atoms with Crippen LogP contribution in [0, 0.1) is 6.92 Å². The summed E-state index contributed by atoms with van der Waals surface area (Å²) in [5, 5.41) is 4.46. The molecule has 3 aromatic rings. The number of carbonyl (C=O) groups excluding carboxylic acids is 1. The predicted molar refractivity (Wildman–Crippen MR) is 145 cm³/mol. The average molecular weight is 522 g/mol. The van der Waals surface area contributed by atoms with E-state index in [1.54, 1.807) is 6.07 Å². The molecule has 0 aliphatic carbocycles. The van der Waals surface area contributed by atoms with E-state index in [1.165, 1.54) is 0 Å². The van der Waals surface area contributed by atoms with E-state index in [4.69, 9.17) is 23.2 Å². The number of rotatable bonds is 7. The first kappa shape index (κ1) is 26.4. The normalized spacial score (nSPS) is 14.1. The third-order valence-corrected chi connectivity index (χ3v) is 6.95. The van der Waals surface area contributed by atoms with Gasteiger partial charge in [0.25, 0.3) is 5.91 Å². The van der Waals surface area contributed by atoms with E-state index in [0.29, 0.717) is 16.6 Å². The van der Waals surface area contributed by atoms with Gasteiger partial charge in [-0.2, -0.15) is 0 Å². The number of anilines is 1. The highest BCUT2D eigenvalue weighted by atomic mass is 35.5. The quantitative estimate of drug-likeness (QED) is 0.407. The molecule has 0 unspecified atom stereocenters. The first-order valence-corrected chi connectivity index (χ1v) is 12.1. The van der Waals surface area contributed by atoms with Crippen molar-refractivity contribution in [2.24, 2.45) is 7.05 Å². The Kier molecular flexibility index (Phi) is 9.31. The molecule has 4 rings (SSSR count). The summed E-state index contributed by atoms with van der Waals surface area (Å²) in [5.41, 5.74) is 4.92. The van der Waals surface area contributed by atoms with Crippen LogP contribution in [0.5, 0.6) is 0 Å². The monoisotopic (exact) mass is 520 g/mol. The summed E-state index contributed by atoms with van der Waals surface area (Å²) in [6, 6.07) is 17.8. The van der Waals surface area contributed by atoms with E-state index in [-0.39, 0.29) is 18.3 Å². The van der Waals surface area contributed by atoms with Gasteiger partial charge in [-0.1, -0.05) is 53.5 Å². The standard InChI is InChI=1S/C26H30Cl2N4O.ClH/c1-19-22(18-25(30(19)2)20-7-4-3-5-8-20)26(33)29-11-6-12-31-13-15-32(16-14-31)24-10-9-21(27)17-23(24)28;/h3-5,7-10,17-18H,6,11-16H2,1-2H3,(H,29,33);1H. The van der Waals surface area contributed by atoms with Gasteiger partial charge in [0.15, 0.2) is 0 Å². The number of amides is 1. The molecule has 34 heavy (non-hydrogen) atoms. The molecule has 1 aliphatic heterocycles. The summed E-state index contributed by atoms with van der Waals surface area (Å²) in [5.74, 6) is -0.00696. The number of benzene rings is 2. The van der Waals surface area contributed by atoms with Gasteiger partial charge < -0.3 is 14.8 Å². The maximum Gasteiger partial charge on any atom is 0.253 e. The van der Waals surface area contributed by atoms with Crippen LogP contribution in [0.4, 0.5) is 5.69 Å². The SMILES string of the molecule is Cc1c(C(=O)NCCCN2CCN(c3ccc(Cl)cc3Cl)CC2)cc(-c2ccccc2)n1C.Cl. The van der Waals surface area contributed by atoms with Gasteiger partial charge in [0, 0.05) is 56.2 Å². The van der Waals surface area contributed by atoms with Gasteiger partial charge in [-0.15, -0.1) is 12.4 Å². The summed E-state index contributed by atoms with van der Waals surface area (Å²) in [4.78, 5) is 17.5. The molecule has 1 aliphatic rings. The van der Waals surface area contributed by atoms with Gasteiger partial charge in [0.05, 0.1) is 16.3 Å². The molecule has 5 nitrogen and oxygen atoms in total. The largest absolute Gasteiger partial charge is 0.368 e. The van der Waals surface area contributed by atoms with E-state index < -0.39 is 0 Å². The lowest BCUT2D eigenvalue weighted by atomic mass is 10.1. The van der Waals surface area contributed by atoms with E-state index in [2.05, 4.69) is 31.8 Å². The minimum absolute atomic E-state index is 0. The zero-order valence-electron chi connectivity index (χ0n) is 19.6. The minimum atomic E-state index is -0.00696. The second-order valence-corrected chi connectivity index (χ2v) is 9.33. The van der Waals surface area contributed by atoms with Gasteiger partial charge >= 0.3 is 0 Å². The second kappa shape index (κ2) is 12.0. The molecule has 0 spiro atoms. The third kappa shape index (κ3) is 6.08. The fourth-order valence-electron chi connectivity index (χ4n) is 4.37. The molecule has 1 saturated heterocycles. The first-order chi connectivity index (χ1) is 15.9. The van der Waals surface area contributed by atoms with Crippen LogP contribution in [0.3, 0.4) is 0 Å². The Balaban J connectivity index is 0.00000324. The molecule has 0 atom stereocenters. The molecular weight excluding hydrogens is 491 g/mol. The number of halogens is 3. The minimum Gasteiger partial charge on any atom is -0.368 e. The maximum atomic E-state index is 12.8.